The van der Waals surface area contributed by atoms with E-state index in [2.05, 4.69) is 39.1 Å². The number of nitrogens with zero attached hydrogens (tertiary/aromatic N) is 2. The Morgan fingerprint density at radius 3 is 3.00 bits per heavy atom. The van der Waals surface area contributed by atoms with Crippen molar-refractivity contribution in [1.29, 1.82) is 0 Å². The Balaban J connectivity index is 1.70. The average molecular weight is 368 g/mol. The van der Waals surface area contributed by atoms with Gasteiger partial charge in [-0.3, -0.25) is 0 Å². The minimum absolute atomic E-state index is 0.113. The van der Waals surface area contributed by atoms with Gasteiger partial charge < -0.3 is 10.3 Å². The molecule has 0 saturated heterocycles. The highest BCUT2D eigenvalue weighted by Gasteiger charge is 2.42. The van der Waals surface area contributed by atoms with Gasteiger partial charge in [-0.1, -0.05) is 23.7 Å². The third-order valence-electron chi connectivity index (χ3n) is 4.18. The molecule has 112 valence electrons. The Kier molecular flexibility index (Phi) is 4.38. The molecule has 2 aromatic rings. The number of nitrogens with two attached hydrogens (primary N) is 1. The van der Waals surface area contributed by atoms with E-state index in [-0.39, 0.29) is 11.5 Å². The van der Waals surface area contributed by atoms with E-state index in [1.165, 1.54) is 4.90 Å². The number of aromatic nitrogens is 2. The first-order valence-electron chi connectivity index (χ1n) is 7.05. The van der Waals surface area contributed by atoms with Crippen LogP contribution in [0.15, 0.2) is 38.2 Å². The van der Waals surface area contributed by atoms with E-state index < -0.39 is 0 Å². The molecular weight excluding hydrogens is 350 g/mol. The molecular formula is C15H18BrN3OS. The Hall–Kier alpha value is -0.850. The lowest BCUT2D eigenvalue weighted by atomic mass is 9.85. The van der Waals surface area contributed by atoms with Crippen LogP contribution >= 0.6 is 27.7 Å². The Bertz CT molecular complexity index is 633. The quantitative estimate of drug-likeness (QED) is 0.830. The number of hydrogen-bond acceptors (Lipinski definition) is 5. The zero-order valence-electron chi connectivity index (χ0n) is 11.9. The summed E-state index contributed by atoms with van der Waals surface area (Å²) in [5, 5.41) is 4.11. The van der Waals surface area contributed by atoms with Gasteiger partial charge in [0.2, 0.25) is 5.89 Å². The van der Waals surface area contributed by atoms with Crippen LogP contribution in [-0.4, -0.2) is 16.2 Å². The summed E-state index contributed by atoms with van der Waals surface area (Å²) < 4.78 is 6.56. The number of benzene rings is 1. The summed E-state index contributed by atoms with van der Waals surface area (Å²) >= 11 is 5.24. The zero-order chi connectivity index (χ0) is 14.9. The molecule has 1 aliphatic carbocycles. The molecule has 0 bridgehead atoms. The maximum absolute atomic E-state index is 6.20. The van der Waals surface area contributed by atoms with Crippen LogP contribution < -0.4 is 5.73 Å². The normalized spacial score (nSPS) is 25.4. The SMILES string of the molecule is CC1(c2nc(CSc3ccccc3Br)no2)CCCC1N. The van der Waals surface area contributed by atoms with Crippen molar-refractivity contribution in [2.45, 2.75) is 48.3 Å². The van der Waals surface area contributed by atoms with Crippen LogP contribution in [0.1, 0.15) is 37.9 Å². The molecule has 0 spiro atoms. The molecule has 1 aliphatic rings. The van der Waals surface area contributed by atoms with E-state index in [4.69, 9.17) is 10.3 Å². The predicted octanol–water partition coefficient (Wildman–Crippen LogP) is 3.89. The van der Waals surface area contributed by atoms with Gasteiger partial charge in [-0.2, -0.15) is 4.98 Å². The molecule has 0 amide bonds. The minimum atomic E-state index is -0.163. The highest BCUT2D eigenvalue weighted by atomic mass is 79.9. The molecule has 0 radical (unpaired) electrons. The Morgan fingerprint density at radius 2 is 2.29 bits per heavy atom. The fraction of sp³-hybridized carbons (Fsp3) is 0.467. The summed E-state index contributed by atoms with van der Waals surface area (Å²) in [5.74, 6) is 2.11. The van der Waals surface area contributed by atoms with Crippen molar-refractivity contribution >= 4 is 27.7 Å². The second kappa shape index (κ2) is 6.10. The summed E-state index contributed by atoms with van der Waals surface area (Å²) in [6.45, 7) is 2.13. The molecule has 2 N–H and O–H groups in total. The van der Waals surface area contributed by atoms with Crippen molar-refractivity contribution in [2.75, 3.05) is 0 Å². The molecule has 1 saturated carbocycles. The minimum Gasteiger partial charge on any atom is -0.339 e. The lowest BCUT2D eigenvalue weighted by Crippen LogP contribution is -2.38. The first-order valence-corrected chi connectivity index (χ1v) is 8.83. The molecule has 2 unspecified atom stereocenters. The molecule has 1 fully saturated rings. The van der Waals surface area contributed by atoms with Gasteiger partial charge in [0.05, 0.1) is 11.2 Å². The van der Waals surface area contributed by atoms with Crippen LogP contribution in [-0.2, 0) is 11.2 Å². The molecule has 4 nitrogen and oxygen atoms in total. The number of thioether (sulfide) groups is 1. The van der Waals surface area contributed by atoms with Crippen molar-refractivity contribution in [3.8, 4) is 0 Å². The fourth-order valence-electron chi connectivity index (χ4n) is 2.71. The maximum atomic E-state index is 6.20. The molecule has 1 aromatic carbocycles. The summed E-state index contributed by atoms with van der Waals surface area (Å²) in [6.07, 6.45) is 3.17. The van der Waals surface area contributed by atoms with E-state index in [0.29, 0.717) is 11.6 Å². The second-order valence-corrected chi connectivity index (χ2v) is 7.52. The molecule has 0 aliphatic heterocycles. The predicted molar refractivity (Wildman–Crippen MR) is 87.2 cm³/mol. The summed E-state index contributed by atoms with van der Waals surface area (Å²) in [4.78, 5) is 5.74. The van der Waals surface area contributed by atoms with Gasteiger partial charge in [0.1, 0.15) is 0 Å². The largest absolute Gasteiger partial charge is 0.339 e. The number of halogens is 1. The Labute approximate surface area is 137 Å². The van der Waals surface area contributed by atoms with Crippen molar-refractivity contribution in [3.63, 3.8) is 0 Å². The van der Waals surface area contributed by atoms with Crippen LogP contribution in [0.5, 0.6) is 0 Å². The average Bonchev–Trinajstić information content (AvgIpc) is 3.07. The molecule has 21 heavy (non-hydrogen) atoms. The van der Waals surface area contributed by atoms with E-state index in [0.717, 1.165) is 29.6 Å². The van der Waals surface area contributed by atoms with Crippen LogP contribution in [0.2, 0.25) is 0 Å². The number of hydrogen-bond donors (Lipinski definition) is 1. The van der Waals surface area contributed by atoms with Gasteiger partial charge in [-0.15, -0.1) is 11.8 Å². The highest BCUT2D eigenvalue weighted by Crippen LogP contribution is 2.39. The summed E-state index contributed by atoms with van der Waals surface area (Å²) in [5.41, 5.74) is 6.04. The van der Waals surface area contributed by atoms with Crippen molar-refractivity contribution in [2.24, 2.45) is 5.73 Å². The van der Waals surface area contributed by atoms with Crippen molar-refractivity contribution < 1.29 is 4.52 Å². The van der Waals surface area contributed by atoms with E-state index in [1.807, 2.05) is 18.2 Å². The first kappa shape index (κ1) is 15.1. The van der Waals surface area contributed by atoms with Crippen molar-refractivity contribution in [3.05, 3.63) is 40.5 Å². The van der Waals surface area contributed by atoms with Crippen LogP contribution in [0.3, 0.4) is 0 Å². The van der Waals surface area contributed by atoms with E-state index in [1.54, 1.807) is 11.8 Å². The van der Waals surface area contributed by atoms with Crippen molar-refractivity contribution in [1.82, 2.24) is 10.1 Å². The van der Waals surface area contributed by atoms with Crippen LogP contribution in [0.25, 0.3) is 0 Å². The third-order valence-corrected chi connectivity index (χ3v) is 6.20. The summed E-state index contributed by atoms with van der Waals surface area (Å²) in [7, 11) is 0. The molecule has 6 heteroatoms. The second-order valence-electron chi connectivity index (χ2n) is 5.65. The monoisotopic (exact) mass is 367 g/mol. The lowest BCUT2D eigenvalue weighted by molar-refractivity contribution is 0.277. The van der Waals surface area contributed by atoms with Gasteiger partial charge in [0, 0.05) is 15.4 Å². The molecule has 1 heterocycles. The van der Waals surface area contributed by atoms with Gasteiger partial charge in [0.15, 0.2) is 5.82 Å². The number of rotatable bonds is 4. The van der Waals surface area contributed by atoms with E-state index >= 15 is 0 Å². The van der Waals surface area contributed by atoms with Gasteiger partial charge >= 0.3 is 0 Å². The van der Waals surface area contributed by atoms with Crippen LogP contribution in [0.4, 0.5) is 0 Å². The zero-order valence-corrected chi connectivity index (χ0v) is 14.3. The lowest BCUT2D eigenvalue weighted by Gasteiger charge is -2.23. The molecule has 1 aromatic heterocycles. The van der Waals surface area contributed by atoms with Gasteiger partial charge in [-0.25, -0.2) is 0 Å². The third kappa shape index (κ3) is 3.03. The van der Waals surface area contributed by atoms with Gasteiger partial charge in [-0.05, 0) is 47.8 Å². The van der Waals surface area contributed by atoms with E-state index in [9.17, 15) is 0 Å². The first-order chi connectivity index (χ1) is 10.1. The van der Waals surface area contributed by atoms with Gasteiger partial charge in [0.25, 0.3) is 0 Å². The maximum Gasteiger partial charge on any atom is 0.234 e. The highest BCUT2D eigenvalue weighted by molar-refractivity contribution is 9.10. The standard InChI is InChI=1S/C15H18BrN3OS/c1-15(8-4-7-12(15)17)14-18-13(19-20-14)9-21-11-6-3-2-5-10(11)16/h2-3,5-6,12H,4,7-9,17H2,1H3. The Morgan fingerprint density at radius 1 is 1.48 bits per heavy atom. The fourth-order valence-corrected chi connectivity index (χ4v) is 4.12. The topological polar surface area (TPSA) is 64.9 Å². The smallest absolute Gasteiger partial charge is 0.234 e. The molecule has 2 atom stereocenters. The van der Waals surface area contributed by atoms with Crippen LogP contribution in [0, 0.1) is 0 Å². The summed E-state index contributed by atoms with van der Waals surface area (Å²) in [6, 6.07) is 8.24. The molecule has 3 rings (SSSR count).